The fourth-order valence-corrected chi connectivity index (χ4v) is 8.18. The molecule has 0 unspecified atom stereocenters. The minimum absolute atomic E-state index is 1.05. The SMILES string of the molecule is c1ccc2c3c(sc2c1)-c1ccc2c4c(ccc(c14)C3)-c1sc3ccccc3c1C2. The molecule has 8 rings (SSSR count). The van der Waals surface area contributed by atoms with Gasteiger partial charge in [-0.15, -0.1) is 22.7 Å². The van der Waals surface area contributed by atoms with Crippen LogP contribution in [-0.4, -0.2) is 0 Å². The smallest absolute Gasteiger partial charge is 0.0397 e. The van der Waals surface area contributed by atoms with Gasteiger partial charge in [0.25, 0.3) is 0 Å². The summed E-state index contributed by atoms with van der Waals surface area (Å²) in [6, 6.07) is 27.4. The summed E-state index contributed by atoms with van der Waals surface area (Å²) in [7, 11) is 0. The number of benzene rings is 4. The molecular formula is C28H16S2. The molecule has 0 spiro atoms. The molecule has 0 saturated heterocycles. The van der Waals surface area contributed by atoms with Gasteiger partial charge in [-0.25, -0.2) is 0 Å². The van der Waals surface area contributed by atoms with Crippen LogP contribution >= 0.6 is 22.7 Å². The van der Waals surface area contributed by atoms with Gasteiger partial charge in [0, 0.05) is 43.1 Å². The van der Waals surface area contributed by atoms with Crippen LogP contribution in [0.2, 0.25) is 0 Å². The Hall–Kier alpha value is -2.94. The Balaban J connectivity index is 1.50. The molecule has 0 amide bonds. The third kappa shape index (κ3) is 1.83. The molecule has 0 fully saturated rings. The van der Waals surface area contributed by atoms with E-state index in [1.54, 1.807) is 0 Å². The first kappa shape index (κ1) is 15.8. The van der Waals surface area contributed by atoms with Gasteiger partial charge in [0.2, 0.25) is 0 Å². The van der Waals surface area contributed by atoms with Crippen LogP contribution < -0.4 is 0 Å². The van der Waals surface area contributed by atoms with Crippen LogP contribution in [0.3, 0.4) is 0 Å². The predicted octanol–water partition coefficient (Wildman–Crippen LogP) is 8.41. The van der Waals surface area contributed by atoms with Crippen molar-refractivity contribution in [2.75, 3.05) is 0 Å². The molecule has 2 aliphatic rings. The summed E-state index contributed by atoms with van der Waals surface area (Å²) in [5, 5.41) is 5.88. The van der Waals surface area contributed by atoms with Crippen LogP contribution in [0.1, 0.15) is 22.3 Å². The molecule has 2 heterocycles. The molecule has 0 nitrogen and oxygen atoms in total. The molecule has 0 radical (unpaired) electrons. The lowest BCUT2D eigenvalue weighted by atomic mass is 9.80. The Kier molecular flexibility index (Phi) is 2.85. The molecule has 0 saturated carbocycles. The Morgan fingerprint density at radius 1 is 0.500 bits per heavy atom. The molecule has 0 aliphatic heterocycles. The van der Waals surface area contributed by atoms with Gasteiger partial charge in [0.15, 0.2) is 0 Å². The van der Waals surface area contributed by atoms with Gasteiger partial charge in [0.05, 0.1) is 0 Å². The summed E-state index contributed by atoms with van der Waals surface area (Å²) in [5.41, 5.74) is 8.90. The quantitative estimate of drug-likeness (QED) is 0.233. The monoisotopic (exact) mass is 416 g/mol. The van der Waals surface area contributed by atoms with Crippen molar-refractivity contribution >= 4 is 53.6 Å². The topological polar surface area (TPSA) is 0 Å². The zero-order valence-corrected chi connectivity index (χ0v) is 17.8. The van der Waals surface area contributed by atoms with Crippen molar-refractivity contribution in [1.29, 1.82) is 0 Å². The molecule has 0 N–H and O–H groups in total. The maximum absolute atomic E-state index is 2.40. The molecule has 4 aromatic carbocycles. The van der Waals surface area contributed by atoms with E-state index in [0.717, 1.165) is 12.8 Å². The highest BCUT2D eigenvalue weighted by Crippen LogP contribution is 2.53. The van der Waals surface area contributed by atoms with Gasteiger partial charge >= 0.3 is 0 Å². The van der Waals surface area contributed by atoms with Crippen LogP contribution in [0.15, 0.2) is 72.8 Å². The minimum Gasteiger partial charge on any atom is -0.135 e. The predicted molar refractivity (Wildman–Crippen MR) is 131 cm³/mol. The van der Waals surface area contributed by atoms with E-state index in [0.29, 0.717) is 0 Å². The van der Waals surface area contributed by atoms with Crippen LogP contribution in [0.4, 0.5) is 0 Å². The number of rotatable bonds is 0. The summed E-state index contributed by atoms with van der Waals surface area (Å²) in [6.45, 7) is 0. The van der Waals surface area contributed by atoms with Crippen LogP contribution in [0.25, 0.3) is 51.8 Å². The minimum atomic E-state index is 1.05. The van der Waals surface area contributed by atoms with Crippen molar-refractivity contribution < 1.29 is 0 Å². The molecule has 2 aromatic heterocycles. The lowest BCUT2D eigenvalue weighted by Crippen LogP contribution is -2.05. The highest BCUT2D eigenvalue weighted by atomic mass is 32.1. The second kappa shape index (κ2) is 5.40. The third-order valence-corrected chi connectivity index (χ3v) is 9.45. The summed E-state index contributed by atoms with van der Waals surface area (Å²) < 4.78 is 2.82. The fraction of sp³-hybridized carbons (Fsp3) is 0.0714. The van der Waals surface area contributed by atoms with E-state index < -0.39 is 0 Å². The number of thiophene rings is 2. The van der Waals surface area contributed by atoms with E-state index in [1.165, 1.54) is 74.1 Å². The molecule has 0 bridgehead atoms. The zero-order chi connectivity index (χ0) is 19.4. The second-order valence-corrected chi connectivity index (χ2v) is 10.6. The van der Waals surface area contributed by atoms with Crippen molar-refractivity contribution in [1.82, 2.24) is 0 Å². The molecule has 6 aromatic rings. The average Bonchev–Trinajstić information content (AvgIpc) is 3.35. The van der Waals surface area contributed by atoms with Gasteiger partial charge in [-0.1, -0.05) is 60.7 Å². The van der Waals surface area contributed by atoms with E-state index in [2.05, 4.69) is 72.8 Å². The van der Waals surface area contributed by atoms with E-state index in [9.17, 15) is 0 Å². The van der Waals surface area contributed by atoms with Gasteiger partial charge in [0.1, 0.15) is 0 Å². The maximum atomic E-state index is 2.40. The zero-order valence-electron chi connectivity index (χ0n) is 16.2. The molecule has 140 valence electrons. The van der Waals surface area contributed by atoms with Crippen molar-refractivity contribution in [3.05, 3.63) is 95.1 Å². The first-order valence-electron chi connectivity index (χ1n) is 10.5. The van der Waals surface area contributed by atoms with Crippen LogP contribution in [0.5, 0.6) is 0 Å². The Morgan fingerprint density at radius 3 is 1.47 bits per heavy atom. The van der Waals surface area contributed by atoms with Crippen molar-refractivity contribution in [2.45, 2.75) is 12.8 Å². The first-order valence-corrected chi connectivity index (χ1v) is 12.1. The van der Waals surface area contributed by atoms with Gasteiger partial charge in [-0.3, -0.25) is 0 Å². The van der Waals surface area contributed by atoms with Crippen molar-refractivity contribution in [3.8, 4) is 20.9 Å². The number of hydrogen-bond acceptors (Lipinski definition) is 2. The number of hydrogen-bond donors (Lipinski definition) is 0. The van der Waals surface area contributed by atoms with E-state index >= 15 is 0 Å². The average molecular weight is 417 g/mol. The molecule has 30 heavy (non-hydrogen) atoms. The molecule has 2 heteroatoms. The highest BCUT2D eigenvalue weighted by molar-refractivity contribution is 7.23. The second-order valence-electron chi connectivity index (χ2n) is 8.46. The van der Waals surface area contributed by atoms with E-state index in [-0.39, 0.29) is 0 Å². The Labute approximate surface area is 182 Å². The third-order valence-electron chi connectivity index (χ3n) is 6.95. The largest absolute Gasteiger partial charge is 0.135 e. The van der Waals surface area contributed by atoms with Gasteiger partial charge in [-0.05, 0) is 55.9 Å². The van der Waals surface area contributed by atoms with Gasteiger partial charge < -0.3 is 0 Å². The summed E-state index contributed by atoms with van der Waals surface area (Å²) >= 11 is 3.93. The van der Waals surface area contributed by atoms with Crippen LogP contribution in [-0.2, 0) is 12.8 Å². The van der Waals surface area contributed by atoms with Gasteiger partial charge in [-0.2, -0.15) is 0 Å². The Morgan fingerprint density at radius 2 is 0.967 bits per heavy atom. The molecular weight excluding hydrogens is 400 g/mol. The summed E-state index contributed by atoms with van der Waals surface area (Å²) in [6.07, 6.45) is 2.09. The lowest BCUT2D eigenvalue weighted by Gasteiger charge is -2.25. The lowest BCUT2D eigenvalue weighted by molar-refractivity contribution is 1.20. The number of fused-ring (bicyclic) bond motifs is 8. The highest BCUT2D eigenvalue weighted by Gasteiger charge is 2.28. The standard InChI is InChI=1S/C28H16S2/c1-3-7-23-17(5-1)21-13-15-9-12-20-26-16(10-11-19(25(15)26)27(21)29-23)14-22-18-6-2-4-8-24(18)30-28(20)22/h1-12H,13-14H2. The fourth-order valence-electron chi connectivity index (χ4n) is 5.68. The van der Waals surface area contributed by atoms with Crippen molar-refractivity contribution in [3.63, 3.8) is 0 Å². The maximum Gasteiger partial charge on any atom is 0.0397 e. The normalized spacial score (nSPS) is 13.7. The molecule has 0 atom stereocenters. The van der Waals surface area contributed by atoms with Crippen LogP contribution in [0, 0.1) is 0 Å². The summed E-state index contributed by atoms with van der Waals surface area (Å²) in [5.74, 6) is 0. The molecule has 2 aliphatic carbocycles. The van der Waals surface area contributed by atoms with Crippen molar-refractivity contribution in [2.24, 2.45) is 0 Å². The first-order chi connectivity index (χ1) is 14.9. The Bertz CT molecular complexity index is 1570. The van der Waals surface area contributed by atoms with E-state index in [4.69, 9.17) is 0 Å². The van der Waals surface area contributed by atoms with E-state index in [1.807, 2.05) is 22.7 Å². The summed E-state index contributed by atoms with van der Waals surface area (Å²) in [4.78, 5) is 2.96.